The first kappa shape index (κ1) is 10.3. The van der Waals surface area contributed by atoms with Crippen molar-refractivity contribution in [3.8, 4) is 0 Å². The number of aromatic nitrogens is 2. The first-order valence-corrected chi connectivity index (χ1v) is 4.91. The van der Waals surface area contributed by atoms with Crippen LogP contribution in [0.4, 0.5) is 0 Å². The third kappa shape index (κ3) is 4.15. The lowest BCUT2D eigenvalue weighted by atomic mass is 10.3. The normalized spacial score (nSPS) is 10.9. The summed E-state index contributed by atoms with van der Waals surface area (Å²) >= 11 is 3.23. The highest BCUT2D eigenvalue weighted by atomic mass is 79.9. The van der Waals surface area contributed by atoms with E-state index in [1.807, 2.05) is 13.1 Å². The van der Waals surface area contributed by atoms with Gasteiger partial charge in [0, 0.05) is 0 Å². The maximum absolute atomic E-state index is 4.16. The number of hydrogen-bond acceptors (Lipinski definition) is 3. The lowest BCUT2D eigenvalue weighted by molar-refractivity contribution is 0.809. The first-order valence-electron chi connectivity index (χ1n) is 4.11. The second-order valence-electron chi connectivity index (χ2n) is 2.56. The zero-order chi connectivity index (χ0) is 9.52. The van der Waals surface area contributed by atoms with E-state index in [1.165, 1.54) is 0 Å². The highest BCUT2D eigenvalue weighted by Gasteiger charge is 1.88. The highest BCUT2D eigenvalue weighted by molar-refractivity contribution is 9.10. The van der Waals surface area contributed by atoms with Crippen LogP contribution in [0.15, 0.2) is 23.1 Å². The topological polar surface area (TPSA) is 37.8 Å². The predicted molar refractivity (Wildman–Crippen MR) is 57.3 cm³/mol. The van der Waals surface area contributed by atoms with Crippen molar-refractivity contribution in [2.45, 2.75) is 6.42 Å². The maximum atomic E-state index is 4.16. The molecule has 0 spiro atoms. The Hall–Kier alpha value is -0.740. The Morgan fingerprint density at radius 1 is 1.46 bits per heavy atom. The standard InChI is InChI=1S/C9H12BrN3/c1-11-5-3-2-4-8-6-13-9(10)7-12-8/h2,4,6-7,11H,3,5H2,1H3. The molecule has 1 rings (SSSR count). The van der Waals surface area contributed by atoms with Gasteiger partial charge in [-0.05, 0) is 42.0 Å². The fourth-order valence-corrected chi connectivity index (χ4v) is 1.04. The van der Waals surface area contributed by atoms with Crippen molar-refractivity contribution >= 4 is 22.0 Å². The number of nitrogens with zero attached hydrogens (tertiary/aromatic N) is 2. The molecule has 0 aliphatic rings. The van der Waals surface area contributed by atoms with Crippen LogP contribution in [0.25, 0.3) is 6.08 Å². The van der Waals surface area contributed by atoms with Crippen LogP contribution in [-0.4, -0.2) is 23.6 Å². The van der Waals surface area contributed by atoms with E-state index in [9.17, 15) is 0 Å². The molecule has 1 heterocycles. The van der Waals surface area contributed by atoms with E-state index < -0.39 is 0 Å². The first-order chi connectivity index (χ1) is 6.33. The van der Waals surface area contributed by atoms with Crippen LogP contribution in [0, 0.1) is 0 Å². The van der Waals surface area contributed by atoms with Gasteiger partial charge in [-0.1, -0.05) is 6.08 Å². The van der Waals surface area contributed by atoms with Crippen molar-refractivity contribution < 1.29 is 0 Å². The molecule has 3 nitrogen and oxygen atoms in total. The molecular weight excluding hydrogens is 230 g/mol. The van der Waals surface area contributed by atoms with Crippen molar-refractivity contribution in [1.29, 1.82) is 0 Å². The van der Waals surface area contributed by atoms with Gasteiger partial charge in [0.2, 0.25) is 0 Å². The predicted octanol–water partition coefficient (Wildman–Crippen LogP) is 1.86. The molecule has 4 heteroatoms. The van der Waals surface area contributed by atoms with Gasteiger partial charge < -0.3 is 5.32 Å². The van der Waals surface area contributed by atoms with Gasteiger partial charge in [0.05, 0.1) is 18.1 Å². The molecule has 0 saturated heterocycles. The highest BCUT2D eigenvalue weighted by Crippen LogP contribution is 2.03. The maximum Gasteiger partial charge on any atom is 0.124 e. The second kappa shape index (κ2) is 5.83. The fraction of sp³-hybridized carbons (Fsp3) is 0.333. The van der Waals surface area contributed by atoms with Crippen LogP contribution in [0.2, 0.25) is 0 Å². The van der Waals surface area contributed by atoms with E-state index in [-0.39, 0.29) is 0 Å². The average Bonchev–Trinajstić information content (AvgIpc) is 2.15. The Bertz CT molecular complexity index is 269. The third-order valence-corrected chi connectivity index (χ3v) is 1.90. The van der Waals surface area contributed by atoms with Crippen molar-refractivity contribution in [1.82, 2.24) is 15.3 Å². The molecule has 0 aliphatic carbocycles. The van der Waals surface area contributed by atoms with E-state index in [4.69, 9.17) is 0 Å². The van der Waals surface area contributed by atoms with Crippen molar-refractivity contribution in [3.05, 3.63) is 28.8 Å². The molecule has 1 N–H and O–H groups in total. The van der Waals surface area contributed by atoms with Gasteiger partial charge in [0.25, 0.3) is 0 Å². The van der Waals surface area contributed by atoms with Crippen molar-refractivity contribution in [2.24, 2.45) is 0 Å². The summed E-state index contributed by atoms with van der Waals surface area (Å²) < 4.78 is 0.764. The minimum Gasteiger partial charge on any atom is -0.319 e. The molecule has 0 saturated carbocycles. The number of hydrogen-bond donors (Lipinski definition) is 1. The molecule has 0 unspecified atom stereocenters. The number of nitrogens with one attached hydrogen (secondary N) is 1. The summed E-state index contributed by atoms with van der Waals surface area (Å²) in [6, 6.07) is 0. The Kier molecular flexibility index (Phi) is 4.64. The summed E-state index contributed by atoms with van der Waals surface area (Å²) in [6.07, 6.45) is 8.48. The molecule has 0 bridgehead atoms. The second-order valence-corrected chi connectivity index (χ2v) is 3.37. The summed E-state index contributed by atoms with van der Waals surface area (Å²) in [4.78, 5) is 8.22. The summed E-state index contributed by atoms with van der Waals surface area (Å²) in [7, 11) is 1.94. The van der Waals surface area contributed by atoms with Crippen LogP contribution in [-0.2, 0) is 0 Å². The van der Waals surface area contributed by atoms with Gasteiger partial charge in [-0.2, -0.15) is 0 Å². The number of rotatable bonds is 4. The van der Waals surface area contributed by atoms with E-state index in [0.717, 1.165) is 23.3 Å². The molecule has 70 valence electrons. The Labute approximate surface area is 86.4 Å². The van der Waals surface area contributed by atoms with Crippen LogP contribution >= 0.6 is 15.9 Å². The molecule has 13 heavy (non-hydrogen) atoms. The Morgan fingerprint density at radius 3 is 2.92 bits per heavy atom. The Morgan fingerprint density at radius 2 is 2.31 bits per heavy atom. The summed E-state index contributed by atoms with van der Waals surface area (Å²) in [5.41, 5.74) is 0.888. The third-order valence-electron chi connectivity index (χ3n) is 1.49. The van der Waals surface area contributed by atoms with Gasteiger partial charge >= 0.3 is 0 Å². The molecule has 0 amide bonds. The van der Waals surface area contributed by atoms with Gasteiger partial charge in [-0.3, -0.25) is 4.98 Å². The lowest BCUT2D eigenvalue weighted by Crippen LogP contribution is -2.05. The van der Waals surface area contributed by atoms with E-state index >= 15 is 0 Å². The smallest absolute Gasteiger partial charge is 0.124 e. The molecule has 0 aromatic carbocycles. The van der Waals surface area contributed by atoms with E-state index in [0.29, 0.717) is 0 Å². The molecule has 0 fully saturated rings. The van der Waals surface area contributed by atoms with Gasteiger partial charge in [-0.25, -0.2) is 4.98 Å². The SMILES string of the molecule is CNCCC=Cc1cnc(Br)cn1. The Balaban J connectivity index is 2.44. The van der Waals surface area contributed by atoms with Gasteiger partial charge in [0.1, 0.15) is 4.60 Å². The van der Waals surface area contributed by atoms with Crippen LogP contribution < -0.4 is 5.32 Å². The minimum atomic E-state index is 0.764. The van der Waals surface area contributed by atoms with Crippen LogP contribution in [0.5, 0.6) is 0 Å². The van der Waals surface area contributed by atoms with E-state index in [1.54, 1.807) is 12.4 Å². The summed E-state index contributed by atoms with van der Waals surface area (Å²) in [5.74, 6) is 0. The zero-order valence-electron chi connectivity index (χ0n) is 7.50. The quantitative estimate of drug-likeness (QED) is 0.819. The van der Waals surface area contributed by atoms with Crippen molar-refractivity contribution in [2.75, 3.05) is 13.6 Å². The number of halogens is 1. The summed E-state index contributed by atoms with van der Waals surface area (Å²) in [6.45, 7) is 0.987. The van der Waals surface area contributed by atoms with E-state index in [2.05, 4.69) is 37.3 Å². The van der Waals surface area contributed by atoms with Crippen LogP contribution in [0.3, 0.4) is 0 Å². The molecular formula is C9H12BrN3. The monoisotopic (exact) mass is 241 g/mol. The molecule has 0 atom stereocenters. The van der Waals surface area contributed by atoms with Crippen molar-refractivity contribution in [3.63, 3.8) is 0 Å². The molecule has 1 aromatic rings. The largest absolute Gasteiger partial charge is 0.319 e. The average molecular weight is 242 g/mol. The molecule has 0 radical (unpaired) electrons. The summed E-state index contributed by atoms with van der Waals surface area (Å²) in [5, 5.41) is 3.07. The lowest BCUT2D eigenvalue weighted by Gasteiger charge is -1.93. The molecule has 1 aromatic heterocycles. The fourth-order valence-electron chi connectivity index (χ4n) is 0.840. The zero-order valence-corrected chi connectivity index (χ0v) is 9.08. The van der Waals surface area contributed by atoms with Gasteiger partial charge in [0.15, 0.2) is 0 Å². The van der Waals surface area contributed by atoms with Crippen LogP contribution in [0.1, 0.15) is 12.1 Å². The minimum absolute atomic E-state index is 0.764. The van der Waals surface area contributed by atoms with Gasteiger partial charge in [-0.15, -0.1) is 0 Å². The molecule has 0 aliphatic heterocycles.